The molecular weight excluding hydrogens is 208 g/mol. The summed E-state index contributed by atoms with van der Waals surface area (Å²) in [6.07, 6.45) is 3.89. The number of pyridine rings is 1. The molecule has 5 heteroatoms. The fraction of sp³-hybridized carbons (Fsp3) is 0.455. The quantitative estimate of drug-likeness (QED) is 0.784. The maximum absolute atomic E-state index is 11.4. The van der Waals surface area contributed by atoms with Crippen LogP contribution in [-0.4, -0.2) is 29.2 Å². The predicted octanol–water partition coefficient (Wildman–Crippen LogP) is 1.15. The van der Waals surface area contributed by atoms with E-state index in [9.17, 15) is 9.90 Å². The van der Waals surface area contributed by atoms with Gasteiger partial charge in [0.1, 0.15) is 6.61 Å². The molecule has 0 spiro atoms. The van der Waals surface area contributed by atoms with Crippen molar-refractivity contribution in [1.29, 1.82) is 0 Å². The van der Waals surface area contributed by atoms with Crippen molar-refractivity contribution in [3.63, 3.8) is 0 Å². The molecule has 1 aromatic heterocycles. The molecule has 1 aliphatic rings. The molecule has 1 fully saturated rings. The van der Waals surface area contributed by atoms with Crippen LogP contribution in [0.25, 0.3) is 0 Å². The van der Waals surface area contributed by atoms with E-state index < -0.39 is 0 Å². The first kappa shape index (κ1) is 10.9. The highest BCUT2D eigenvalue weighted by molar-refractivity contribution is 5.91. The minimum absolute atomic E-state index is 0.00646. The van der Waals surface area contributed by atoms with Crippen LogP contribution in [0.15, 0.2) is 18.3 Å². The highest BCUT2D eigenvalue weighted by Gasteiger charge is 2.21. The summed E-state index contributed by atoms with van der Waals surface area (Å²) in [4.78, 5) is 15.2. The number of carbonyl (C=O) groups excluding carboxylic acids is 1. The highest BCUT2D eigenvalue weighted by Crippen LogP contribution is 2.28. The van der Waals surface area contributed by atoms with E-state index in [1.807, 2.05) is 0 Å². The fourth-order valence-electron chi connectivity index (χ4n) is 1.26. The smallest absolute Gasteiger partial charge is 0.251 e. The third-order valence-electron chi connectivity index (χ3n) is 2.33. The number of hydrogen-bond acceptors (Lipinski definition) is 4. The summed E-state index contributed by atoms with van der Waals surface area (Å²) in [5.74, 6) is 0.464. The van der Waals surface area contributed by atoms with Crippen molar-refractivity contribution < 1.29 is 14.6 Å². The number of anilines is 1. The molecule has 1 amide bonds. The molecule has 1 saturated carbocycles. The number of ether oxygens (including phenoxy) is 1. The van der Waals surface area contributed by atoms with Gasteiger partial charge in [0.15, 0.2) is 11.6 Å². The lowest BCUT2D eigenvalue weighted by Crippen LogP contribution is -2.19. The number of aromatic hydroxyl groups is 1. The summed E-state index contributed by atoms with van der Waals surface area (Å²) in [6, 6.07) is 3.06. The van der Waals surface area contributed by atoms with Gasteiger partial charge in [-0.25, -0.2) is 4.98 Å². The molecule has 16 heavy (non-hydrogen) atoms. The third-order valence-corrected chi connectivity index (χ3v) is 2.33. The SMILES string of the molecule is O=C(COCC1CC1)Nc1ncccc1O. The average molecular weight is 222 g/mol. The van der Waals surface area contributed by atoms with E-state index in [0.717, 1.165) is 0 Å². The van der Waals surface area contributed by atoms with Crippen LogP contribution in [0.3, 0.4) is 0 Å². The van der Waals surface area contributed by atoms with Crippen LogP contribution >= 0.6 is 0 Å². The zero-order valence-corrected chi connectivity index (χ0v) is 8.85. The van der Waals surface area contributed by atoms with Gasteiger partial charge in [0.2, 0.25) is 0 Å². The van der Waals surface area contributed by atoms with Gasteiger partial charge in [0.25, 0.3) is 5.91 Å². The number of aromatic nitrogens is 1. The molecule has 0 bridgehead atoms. The van der Waals surface area contributed by atoms with E-state index >= 15 is 0 Å². The molecule has 2 rings (SSSR count). The highest BCUT2D eigenvalue weighted by atomic mass is 16.5. The van der Waals surface area contributed by atoms with Gasteiger partial charge >= 0.3 is 0 Å². The minimum atomic E-state index is -0.297. The van der Waals surface area contributed by atoms with Gasteiger partial charge in [0, 0.05) is 6.20 Å². The Labute approximate surface area is 93.5 Å². The zero-order valence-electron chi connectivity index (χ0n) is 8.85. The molecular formula is C11H14N2O3. The number of amides is 1. The van der Waals surface area contributed by atoms with Crippen molar-refractivity contribution in [2.45, 2.75) is 12.8 Å². The average Bonchev–Trinajstić information content (AvgIpc) is 3.05. The molecule has 0 saturated heterocycles. The molecule has 0 aliphatic heterocycles. The Balaban J connectivity index is 1.75. The summed E-state index contributed by atoms with van der Waals surface area (Å²) >= 11 is 0. The second-order valence-electron chi connectivity index (χ2n) is 3.88. The van der Waals surface area contributed by atoms with E-state index in [-0.39, 0.29) is 24.1 Å². The van der Waals surface area contributed by atoms with E-state index in [1.165, 1.54) is 25.1 Å². The van der Waals surface area contributed by atoms with Crippen molar-refractivity contribution in [3.05, 3.63) is 18.3 Å². The minimum Gasteiger partial charge on any atom is -0.504 e. The van der Waals surface area contributed by atoms with Gasteiger partial charge < -0.3 is 15.2 Å². The van der Waals surface area contributed by atoms with E-state index in [4.69, 9.17) is 4.74 Å². The molecule has 1 aromatic rings. The number of rotatable bonds is 5. The van der Waals surface area contributed by atoms with Crippen molar-refractivity contribution in [3.8, 4) is 5.75 Å². The maximum Gasteiger partial charge on any atom is 0.251 e. The third kappa shape index (κ3) is 3.20. The van der Waals surface area contributed by atoms with Crippen molar-refractivity contribution >= 4 is 11.7 Å². The molecule has 86 valence electrons. The Bertz CT molecular complexity index is 377. The maximum atomic E-state index is 11.4. The molecule has 5 nitrogen and oxygen atoms in total. The van der Waals surface area contributed by atoms with Crippen LogP contribution in [0.1, 0.15) is 12.8 Å². The zero-order chi connectivity index (χ0) is 11.4. The van der Waals surface area contributed by atoms with E-state index in [2.05, 4.69) is 10.3 Å². The molecule has 0 unspecified atom stereocenters. The van der Waals surface area contributed by atoms with Gasteiger partial charge in [0.05, 0.1) is 6.61 Å². The monoisotopic (exact) mass is 222 g/mol. The first-order valence-corrected chi connectivity index (χ1v) is 5.27. The van der Waals surface area contributed by atoms with Crippen LogP contribution in [0.5, 0.6) is 5.75 Å². The van der Waals surface area contributed by atoms with Crippen LogP contribution in [0.4, 0.5) is 5.82 Å². The Hall–Kier alpha value is -1.62. The van der Waals surface area contributed by atoms with Crippen LogP contribution in [-0.2, 0) is 9.53 Å². The van der Waals surface area contributed by atoms with Crippen LogP contribution in [0.2, 0.25) is 0 Å². The van der Waals surface area contributed by atoms with Crippen molar-refractivity contribution in [2.24, 2.45) is 5.92 Å². The van der Waals surface area contributed by atoms with Gasteiger partial charge in [-0.15, -0.1) is 0 Å². The standard InChI is InChI=1S/C11H14N2O3/c14-9-2-1-5-12-11(9)13-10(15)7-16-6-8-3-4-8/h1-2,5,8,14H,3-4,6-7H2,(H,12,13,15). The second kappa shape index (κ2) is 4.94. The molecule has 0 radical (unpaired) electrons. The lowest BCUT2D eigenvalue weighted by Gasteiger charge is -2.06. The summed E-state index contributed by atoms with van der Waals surface area (Å²) in [5.41, 5.74) is 0. The number of nitrogens with one attached hydrogen (secondary N) is 1. The first-order chi connectivity index (χ1) is 7.75. The Morgan fingerprint density at radius 3 is 3.12 bits per heavy atom. The van der Waals surface area contributed by atoms with Crippen molar-refractivity contribution in [2.75, 3.05) is 18.5 Å². The Morgan fingerprint density at radius 1 is 1.62 bits per heavy atom. The van der Waals surface area contributed by atoms with E-state index in [1.54, 1.807) is 6.07 Å². The Morgan fingerprint density at radius 2 is 2.44 bits per heavy atom. The lowest BCUT2D eigenvalue weighted by atomic mass is 10.4. The predicted molar refractivity (Wildman–Crippen MR) is 58.1 cm³/mol. The largest absolute Gasteiger partial charge is 0.504 e. The van der Waals surface area contributed by atoms with Gasteiger partial charge in [-0.2, -0.15) is 0 Å². The summed E-state index contributed by atoms with van der Waals surface area (Å²) in [7, 11) is 0. The summed E-state index contributed by atoms with van der Waals surface area (Å²) < 4.78 is 5.21. The number of hydrogen-bond donors (Lipinski definition) is 2. The molecule has 2 N–H and O–H groups in total. The van der Waals surface area contributed by atoms with E-state index in [0.29, 0.717) is 12.5 Å². The van der Waals surface area contributed by atoms with Crippen LogP contribution < -0.4 is 5.32 Å². The molecule has 1 heterocycles. The van der Waals surface area contributed by atoms with Gasteiger partial charge in [-0.3, -0.25) is 4.79 Å². The topological polar surface area (TPSA) is 71.5 Å². The number of carbonyl (C=O) groups is 1. The van der Waals surface area contributed by atoms with Gasteiger partial charge in [-0.1, -0.05) is 0 Å². The number of nitrogens with zero attached hydrogens (tertiary/aromatic N) is 1. The lowest BCUT2D eigenvalue weighted by molar-refractivity contribution is -0.120. The van der Waals surface area contributed by atoms with Crippen LogP contribution in [0, 0.1) is 5.92 Å². The summed E-state index contributed by atoms with van der Waals surface area (Å²) in [5, 5.41) is 11.8. The first-order valence-electron chi connectivity index (χ1n) is 5.27. The molecule has 0 atom stereocenters. The fourth-order valence-corrected chi connectivity index (χ4v) is 1.26. The van der Waals surface area contributed by atoms with Gasteiger partial charge in [-0.05, 0) is 30.9 Å². The Kier molecular flexibility index (Phi) is 3.36. The summed E-state index contributed by atoms with van der Waals surface area (Å²) in [6.45, 7) is 0.647. The molecule has 1 aliphatic carbocycles. The normalized spacial score (nSPS) is 14.8. The van der Waals surface area contributed by atoms with Crippen molar-refractivity contribution in [1.82, 2.24) is 4.98 Å². The second-order valence-corrected chi connectivity index (χ2v) is 3.88. The molecule has 0 aromatic carbocycles.